The molecule has 2 N–H and O–H groups in total. The number of aryl methyl sites for hydroxylation is 1. The number of rotatable bonds is 5. The number of urea groups is 1. The molecule has 2 aliphatic heterocycles. The Bertz CT molecular complexity index is 995. The summed E-state index contributed by atoms with van der Waals surface area (Å²) in [4.78, 5) is 40.9. The third-order valence-corrected chi connectivity index (χ3v) is 6.36. The predicted molar refractivity (Wildman–Crippen MR) is 121 cm³/mol. The zero-order valence-corrected chi connectivity index (χ0v) is 18.6. The van der Waals surface area contributed by atoms with Gasteiger partial charge in [0.15, 0.2) is 0 Å². The van der Waals surface area contributed by atoms with E-state index >= 15 is 0 Å². The maximum Gasteiger partial charge on any atom is 0.324 e. The molecule has 2 aromatic rings. The van der Waals surface area contributed by atoms with Crippen LogP contribution in [0.3, 0.4) is 0 Å². The van der Waals surface area contributed by atoms with Crippen molar-refractivity contribution in [1.29, 1.82) is 0 Å². The van der Waals surface area contributed by atoms with Gasteiger partial charge in [-0.2, -0.15) is 5.10 Å². The van der Waals surface area contributed by atoms with Crippen LogP contribution in [0.1, 0.15) is 44.2 Å². The number of amides is 4. The minimum atomic E-state index is -0.409. The second-order valence-electron chi connectivity index (χ2n) is 8.48. The number of carbonyl (C=O) groups excluding carboxylic acids is 3. The second-order valence-corrected chi connectivity index (χ2v) is 8.48. The van der Waals surface area contributed by atoms with Crippen LogP contribution in [0.2, 0.25) is 0 Å². The van der Waals surface area contributed by atoms with E-state index in [1.807, 2.05) is 47.7 Å². The number of para-hydroxylation sites is 1. The molecule has 2 saturated heterocycles. The lowest BCUT2D eigenvalue weighted by molar-refractivity contribution is -0.143. The summed E-state index contributed by atoms with van der Waals surface area (Å²) in [7, 11) is 0. The standard InChI is InChI=1S/C23H30N6O3/c1-16-6-3-4-7-19(16)25-23(32)26-20-9-12-24-29(20)18-10-14-27(15-11-18)22(31)17(2)28-13-5-8-21(28)30/h3-4,6-7,9,12,17-18H,5,8,10-11,13-15H2,1-2H3,(H2,25,26,32). The number of carbonyl (C=O) groups is 3. The van der Waals surface area contributed by atoms with Crippen molar-refractivity contribution in [3.63, 3.8) is 0 Å². The topological polar surface area (TPSA) is 99.6 Å². The van der Waals surface area contributed by atoms with Crippen LogP contribution in [0.4, 0.5) is 16.3 Å². The lowest BCUT2D eigenvalue weighted by Gasteiger charge is -2.36. The van der Waals surface area contributed by atoms with Gasteiger partial charge in [0.05, 0.1) is 12.2 Å². The molecule has 1 unspecified atom stereocenters. The molecule has 1 atom stereocenters. The number of hydrogen-bond acceptors (Lipinski definition) is 4. The van der Waals surface area contributed by atoms with E-state index in [9.17, 15) is 14.4 Å². The van der Waals surface area contributed by atoms with E-state index in [-0.39, 0.29) is 23.9 Å². The quantitative estimate of drug-likeness (QED) is 0.750. The molecule has 9 heteroatoms. The highest BCUT2D eigenvalue weighted by molar-refractivity contribution is 5.99. The van der Waals surface area contributed by atoms with Crippen LogP contribution >= 0.6 is 0 Å². The number of anilines is 2. The van der Waals surface area contributed by atoms with Crippen molar-refractivity contribution in [3.05, 3.63) is 42.1 Å². The summed E-state index contributed by atoms with van der Waals surface area (Å²) >= 11 is 0. The number of benzene rings is 1. The molecule has 4 amide bonds. The van der Waals surface area contributed by atoms with Crippen LogP contribution in [-0.2, 0) is 9.59 Å². The normalized spacial score (nSPS) is 18.0. The Morgan fingerprint density at radius 3 is 2.53 bits per heavy atom. The molecule has 2 fully saturated rings. The molecule has 1 aromatic heterocycles. The first-order valence-electron chi connectivity index (χ1n) is 11.2. The van der Waals surface area contributed by atoms with Gasteiger partial charge in [0.2, 0.25) is 11.8 Å². The summed E-state index contributed by atoms with van der Waals surface area (Å²) in [6.45, 7) is 5.62. The van der Waals surface area contributed by atoms with Crippen molar-refractivity contribution in [2.24, 2.45) is 0 Å². The fourth-order valence-corrected chi connectivity index (χ4v) is 4.49. The van der Waals surface area contributed by atoms with Gasteiger partial charge in [-0.05, 0) is 44.7 Å². The minimum absolute atomic E-state index is 0.00937. The fraction of sp³-hybridized carbons (Fsp3) is 0.478. The molecule has 0 bridgehead atoms. The Kier molecular flexibility index (Phi) is 6.43. The summed E-state index contributed by atoms with van der Waals surface area (Å²) in [6, 6.07) is 8.73. The lowest BCUT2D eigenvalue weighted by Crippen LogP contribution is -2.50. The van der Waals surface area contributed by atoms with Gasteiger partial charge in [-0.3, -0.25) is 14.9 Å². The van der Waals surface area contributed by atoms with Crippen molar-refractivity contribution in [2.75, 3.05) is 30.3 Å². The van der Waals surface area contributed by atoms with E-state index in [0.29, 0.717) is 31.9 Å². The van der Waals surface area contributed by atoms with Crippen LogP contribution in [-0.4, -0.2) is 63.1 Å². The molecule has 4 rings (SSSR count). The Labute approximate surface area is 187 Å². The van der Waals surface area contributed by atoms with E-state index in [1.54, 1.807) is 17.2 Å². The van der Waals surface area contributed by atoms with E-state index in [4.69, 9.17) is 0 Å². The Hall–Kier alpha value is -3.36. The van der Waals surface area contributed by atoms with Gasteiger partial charge < -0.3 is 15.1 Å². The maximum atomic E-state index is 12.9. The van der Waals surface area contributed by atoms with Crippen LogP contribution in [0.25, 0.3) is 0 Å². The smallest absolute Gasteiger partial charge is 0.324 e. The summed E-state index contributed by atoms with van der Waals surface area (Å²) in [6.07, 6.45) is 4.50. The molecule has 1 aromatic carbocycles. The Morgan fingerprint density at radius 1 is 1.09 bits per heavy atom. The van der Waals surface area contributed by atoms with Crippen LogP contribution in [0.15, 0.2) is 36.5 Å². The molecule has 0 radical (unpaired) electrons. The van der Waals surface area contributed by atoms with Crippen molar-refractivity contribution in [3.8, 4) is 0 Å². The van der Waals surface area contributed by atoms with Gasteiger partial charge in [-0.15, -0.1) is 0 Å². The monoisotopic (exact) mass is 438 g/mol. The summed E-state index contributed by atoms with van der Waals surface area (Å²) in [5.74, 6) is 0.698. The second kappa shape index (κ2) is 9.42. The zero-order valence-electron chi connectivity index (χ0n) is 18.6. The third kappa shape index (κ3) is 4.61. The average Bonchev–Trinajstić information content (AvgIpc) is 3.43. The number of nitrogens with zero attached hydrogens (tertiary/aromatic N) is 4. The minimum Gasteiger partial charge on any atom is -0.341 e. The first-order chi connectivity index (χ1) is 15.4. The predicted octanol–water partition coefficient (Wildman–Crippen LogP) is 3.01. The summed E-state index contributed by atoms with van der Waals surface area (Å²) in [5.41, 5.74) is 1.74. The molecule has 9 nitrogen and oxygen atoms in total. The van der Waals surface area contributed by atoms with Crippen LogP contribution in [0.5, 0.6) is 0 Å². The van der Waals surface area contributed by atoms with E-state index in [1.165, 1.54) is 0 Å². The zero-order chi connectivity index (χ0) is 22.7. The van der Waals surface area contributed by atoms with Crippen LogP contribution in [0, 0.1) is 6.92 Å². The Balaban J connectivity index is 1.33. The van der Waals surface area contributed by atoms with Gasteiger partial charge in [0, 0.05) is 37.8 Å². The van der Waals surface area contributed by atoms with Crippen molar-refractivity contribution < 1.29 is 14.4 Å². The molecule has 0 saturated carbocycles. The maximum absolute atomic E-state index is 12.9. The first-order valence-corrected chi connectivity index (χ1v) is 11.2. The van der Waals surface area contributed by atoms with E-state index in [0.717, 1.165) is 30.5 Å². The van der Waals surface area contributed by atoms with Gasteiger partial charge in [-0.1, -0.05) is 18.2 Å². The molecule has 2 aliphatic rings. The highest BCUT2D eigenvalue weighted by Crippen LogP contribution is 2.27. The van der Waals surface area contributed by atoms with Crippen molar-refractivity contribution in [2.45, 2.75) is 51.6 Å². The molecule has 0 aliphatic carbocycles. The molecule has 3 heterocycles. The average molecular weight is 439 g/mol. The van der Waals surface area contributed by atoms with Crippen molar-refractivity contribution >= 4 is 29.4 Å². The number of hydrogen-bond donors (Lipinski definition) is 2. The highest BCUT2D eigenvalue weighted by atomic mass is 16.2. The summed E-state index contributed by atoms with van der Waals surface area (Å²) < 4.78 is 1.83. The van der Waals surface area contributed by atoms with Gasteiger partial charge in [0.1, 0.15) is 11.9 Å². The lowest BCUT2D eigenvalue weighted by atomic mass is 10.0. The van der Waals surface area contributed by atoms with E-state index in [2.05, 4.69) is 15.7 Å². The molecular weight excluding hydrogens is 408 g/mol. The number of nitrogens with one attached hydrogen (secondary N) is 2. The Morgan fingerprint density at radius 2 is 1.84 bits per heavy atom. The SMILES string of the molecule is Cc1ccccc1NC(=O)Nc1ccnn1C1CCN(C(=O)C(C)N2CCCC2=O)CC1. The van der Waals surface area contributed by atoms with Crippen LogP contribution < -0.4 is 10.6 Å². The number of aromatic nitrogens is 2. The van der Waals surface area contributed by atoms with Gasteiger partial charge in [0.25, 0.3) is 0 Å². The summed E-state index contributed by atoms with van der Waals surface area (Å²) in [5, 5.41) is 10.2. The van der Waals surface area contributed by atoms with Gasteiger partial charge >= 0.3 is 6.03 Å². The third-order valence-electron chi connectivity index (χ3n) is 6.36. The van der Waals surface area contributed by atoms with E-state index < -0.39 is 6.04 Å². The highest BCUT2D eigenvalue weighted by Gasteiger charge is 2.34. The first kappa shape index (κ1) is 21.9. The largest absolute Gasteiger partial charge is 0.341 e. The van der Waals surface area contributed by atoms with Gasteiger partial charge in [-0.25, -0.2) is 9.48 Å². The molecule has 170 valence electrons. The molecule has 32 heavy (non-hydrogen) atoms. The number of likely N-dealkylation sites (tertiary alicyclic amines) is 2. The molecule has 0 spiro atoms. The van der Waals surface area contributed by atoms with Crippen molar-refractivity contribution in [1.82, 2.24) is 19.6 Å². The fourth-order valence-electron chi connectivity index (χ4n) is 4.49. The number of piperidine rings is 1. The molecular formula is C23H30N6O3.